The second-order valence-corrected chi connectivity index (χ2v) is 5.50. The van der Waals surface area contributed by atoms with Gasteiger partial charge in [0.15, 0.2) is 0 Å². The van der Waals surface area contributed by atoms with E-state index in [0.29, 0.717) is 6.04 Å². The van der Waals surface area contributed by atoms with Crippen molar-refractivity contribution in [3.63, 3.8) is 0 Å². The molecule has 1 N–H and O–H groups in total. The monoisotopic (exact) mass is 215 g/mol. The Labute approximate surface area is 98.3 Å². The summed E-state index contributed by atoms with van der Waals surface area (Å²) in [5.41, 5.74) is 1.42. The van der Waals surface area contributed by atoms with Crippen LogP contribution in [0.3, 0.4) is 0 Å². The molecule has 1 atom stereocenters. The quantitative estimate of drug-likeness (QED) is 0.792. The van der Waals surface area contributed by atoms with Crippen molar-refractivity contribution in [1.29, 1.82) is 0 Å². The van der Waals surface area contributed by atoms with Gasteiger partial charge < -0.3 is 5.32 Å². The molecular weight excluding hydrogens is 194 g/mol. The highest BCUT2D eigenvalue weighted by Gasteiger charge is 2.41. The zero-order chi connectivity index (χ0) is 11.0. The van der Waals surface area contributed by atoms with Gasteiger partial charge in [0.1, 0.15) is 0 Å². The van der Waals surface area contributed by atoms with Crippen LogP contribution in [0.5, 0.6) is 0 Å². The third-order valence-electron chi connectivity index (χ3n) is 4.00. The Morgan fingerprint density at radius 1 is 1.00 bits per heavy atom. The van der Waals surface area contributed by atoms with Crippen molar-refractivity contribution in [1.82, 2.24) is 5.32 Å². The molecule has 1 aromatic carbocycles. The lowest BCUT2D eigenvalue weighted by Crippen LogP contribution is -2.35. The minimum Gasteiger partial charge on any atom is -0.307 e. The highest BCUT2D eigenvalue weighted by atomic mass is 15.0. The van der Waals surface area contributed by atoms with Crippen LogP contribution in [0.2, 0.25) is 0 Å². The molecule has 2 saturated carbocycles. The third-order valence-corrected chi connectivity index (χ3v) is 4.00. The van der Waals surface area contributed by atoms with E-state index in [1.54, 1.807) is 0 Å². The van der Waals surface area contributed by atoms with Crippen LogP contribution in [0, 0.1) is 11.8 Å². The van der Waals surface area contributed by atoms with E-state index in [1.807, 2.05) is 0 Å². The molecule has 2 aliphatic rings. The summed E-state index contributed by atoms with van der Waals surface area (Å²) in [5, 5.41) is 3.86. The smallest absolute Gasteiger partial charge is 0.0294 e. The zero-order valence-electron chi connectivity index (χ0n) is 10.0. The first-order valence-electron chi connectivity index (χ1n) is 6.65. The van der Waals surface area contributed by atoms with Crippen molar-refractivity contribution >= 4 is 0 Å². The van der Waals surface area contributed by atoms with Gasteiger partial charge in [-0.05, 0) is 50.0 Å². The van der Waals surface area contributed by atoms with Crippen molar-refractivity contribution in [2.24, 2.45) is 11.8 Å². The fourth-order valence-corrected chi connectivity index (χ4v) is 2.69. The molecule has 0 saturated heterocycles. The topological polar surface area (TPSA) is 12.0 Å². The average molecular weight is 215 g/mol. The number of nitrogens with one attached hydrogen (secondary N) is 1. The Morgan fingerprint density at radius 2 is 1.56 bits per heavy atom. The Balaban J connectivity index is 1.64. The van der Waals surface area contributed by atoms with Gasteiger partial charge in [0.05, 0.1) is 0 Å². The summed E-state index contributed by atoms with van der Waals surface area (Å²) in [7, 11) is 0. The van der Waals surface area contributed by atoms with Gasteiger partial charge in [-0.3, -0.25) is 0 Å². The molecule has 0 aliphatic heterocycles. The lowest BCUT2D eigenvalue weighted by molar-refractivity contribution is 0.377. The summed E-state index contributed by atoms with van der Waals surface area (Å²) in [6.45, 7) is 2.30. The Morgan fingerprint density at radius 3 is 2.06 bits per heavy atom. The molecule has 1 nitrogen and oxygen atoms in total. The molecule has 2 aliphatic carbocycles. The molecule has 0 heterocycles. The van der Waals surface area contributed by atoms with E-state index in [2.05, 4.69) is 42.6 Å². The molecule has 0 aromatic heterocycles. The summed E-state index contributed by atoms with van der Waals surface area (Å²) in [6, 6.07) is 12.1. The number of hydrogen-bond donors (Lipinski definition) is 1. The Bertz CT molecular complexity index is 326. The van der Waals surface area contributed by atoms with Crippen molar-refractivity contribution in [3.8, 4) is 0 Å². The van der Waals surface area contributed by atoms with Gasteiger partial charge in [-0.25, -0.2) is 0 Å². The van der Waals surface area contributed by atoms with Crippen LogP contribution in [0.1, 0.15) is 44.2 Å². The van der Waals surface area contributed by atoms with Crippen LogP contribution in [0.4, 0.5) is 0 Å². The van der Waals surface area contributed by atoms with Gasteiger partial charge in [-0.1, -0.05) is 30.3 Å². The number of hydrogen-bond acceptors (Lipinski definition) is 1. The molecule has 0 amide bonds. The summed E-state index contributed by atoms with van der Waals surface area (Å²) in [4.78, 5) is 0. The standard InChI is InChI=1S/C15H21N/c1-11(12-5-3-2-4-6-12)16-15(13-7-8-13)14-9-10-14/h2-6,11,13-16H,7-10H2,1H3/t11-/m1/s1. The maximum Gasteiger partial charge on any atom is 0.0294 e. The molecule has 0 unspecified atom stereocenters. The first-order valence-corrected chi connectivity index (χ1v) is 6.65. The normalized spacial score (nSPS) is 22.4. The van der Waals surface area contributed by atoms with E-state index >= 15 is 0 Å². The number of rotatable bonds is 5. The van der Waals surface area contributed by atoms with E-state index in [-0.39, 0.29) is 0 Å². The van der Waals surface area contributed by atoms with Gasteiger partial charge >= 0.3 is 0 Å². The molecule has 0 spiro atoms. The summed E-state index contributed by atoms with van der Waals surface area (Å²) < 4.78 is 0. The Hall–Kier alpha value is -0.820. The fraction of sp³-hybridized carbons (Fsp3) is 0.600. The molecule has 16 heavy (non-hydrogen) atoms. The summed E-state index contributed by atoms with van der Waals surface area (Å²) in [5.74, 6) is 1.97. The van der Waals surface area contributed by atoms with Crippen LogP contribution in [-0.2, 0) is 0 Å². The number of benzene rings is 1. The van der Waals surface area contributed by atoms with Crippen LogP contribution in [0.15, 0.2) is 30.3 Å². The lowest BCUT2D eigenvalue weighted by Gasteiger charge is -2.23. The van der Waals surface area contributed by atoms with Gasteiger partial charge in [-0.2, -0.15) is 0 Å². The summed E-state index contributed by atoms with van der Waals surface area (Å²) in [6.07, 6.45) is 5.82. The van der Waals surface area contributed by atoms with Crippen LogP contribution < -0.4 is 5.32 Å². The predicted octanol–water partition coefficient (Wildman–Crippen LogP) is 3.53. The fourth-order valence-electron chi connectivity index (χ4n) is 2.69. The van der Waals surface area contributed by atoms with Crippen LogP contribution >= 0.6 is 0 Å². The second-order valence-electron chi connectivity index (χ2n) is 5.50. The lowest BCUT2D eigenvalue weighted by atomic mass is 10.0. The van der Waals surface area contributed by atoms with Gasteiger partial charge in [-0.15, -0.1) is 0 Å². The van der Waals surface area contributed by atoms with Crippen molar-refractivity contribution < 1.29 is 0 Å². The van der Waals surface area contributed by atoms with E-state index in [0.717, 1.165) is 17.9 Å². The van der Waals surface area contributed by atoms with E-state index in [9.17, 15) is 0 Å². The molecular formula is C15H21N. The molecule has 1 aromatic rings. The highest BCUT2D eigenvalue weighted by molar-refractivity contribution is 5.18. The van der Waals surface area contributed by atoms with Crippen LogP contribution in [-0.4, -0.2) is 6.04 Å². The second kappa shape index (κ2) is 4.21. The summed E-state index contributed by atoms with van der Waals surface area (Å²) >= 11 is 0. The molecule has 2 fully saturated rings. The zero-order valence-corrected chi connectivity index (χ0v) is 10.0. The maximum atomic E-state index is 3.86. The minimum absolute atomic E-state index is 0.507. The average Bonchev–Trinajstić information content (AvgIpc) is 3.19. The highest BCUT2D eigenvalue weighted by Crippen LogP contribution is 2.45. The van der Waals surface area contributed by atoms with Gasteiger partial charge in [0.25, 0.3) is 0 Å². The molecule has 1 heteroatoms. The van der Waals surface area contributed by atoms with Gasteiger partial charge in [0.2, 0.25) is 0 Å². The van der Waals surface area contributed by atoms with Crippen molar-refractivity contribution in [2.45, 2.75) is 44.7 Å². The van der Waals surface area contributed by atoms with Gasteiger partial charge in [0, 0.05) is 12.1 Å². The molecule has 3 rings (SSSR count). The van der Waals surface area contributed by atoms with E-state index in [1.165, 1.54) is 31.2 Å². The third kappa shape index (κ3) is 2.30. The van der Waals surface area contributed by atoms with Crippen molar-refractivity contribution in [3.05, 3.63) is 35.9 Å². The molecule has 0 radical (unpaired) electrons. The SMILES string of the molecule is C[C@@H](NC(C1CC1)C1CC1)c1ccccc1. The van der Waals surface area contributed by atoms with Crippen LogP contribution in [0.25, 0.3) is 0 Å². The van der Waals surface area contributed by atoms with Crippen molar-refractivity contribution in [2.75, 3.05) is 0 Å². The first-order chi connectivity index (χ1) is 7.84. The van der Waals surface area contributed by atoms with E-state index < -0.39 is 0 Å². The first kappa shape index (κ1) is 10.3. The minimum atomic E-state index is 0.507. The Kier molecular flexibility index (Phi) is 2.72. The largest absolute Gasteiger partial charge is 0.307 e. The molecule has 86 valence electrons. The maximum absolute atomic E-state index is 3.86. The molecule has 0 bridgehead atoms. The van der Waals surface area contributed by atoms with E-state index in [4.69, 9.17) is 0 Å². The predicted molar refractivity (Wildman–Crippen MR) is 67.2 cm³/mol.